The summed E-state index contributed by atoms with van der Waals surface area (Å²) < 4.78 is 5.50. The maximum absolute atomic E-state index is 9.89. The lowest BCUT2D eigenvalue weighted by Crippen LogP contribution is -2.44. The summed E-state index contributed by atoms with van der Waals surface area (Å²) in [6.45, 7) is 7.22. The Kier molecular flexibility index (Phi) is 6.63. The molecule has 0 amide bonds. The summed E-state index contributed by atoms with van der Waals surface area (Å²) in [5.74, 6) is 0.680. The van der Waals surface area contributed by atoms with Crippen molar-refractivity contribution in [3.8, 4) is 5.75 Å². The fraction of sp³-hybridized carbons (Fsp3) is 0.600. The normalized spacial score (nSPS) is 13.3. The van der Waals surface area contributed by atoms with Crippen molar-refractivity contribution in [3.63, 3.8) is 0 Å². The smallest absolute Gasteiger partial charge is 0.120 e. The van der Waals surface area contributed by atoms with Crippen LogP contribution in [0.2, 0.25) is 5.02 Å². The third-order valence-corrected chi connectivity index (χ3v) is 3.16. The Bertz CT molecular complexity index is 382. The number of hydrogen-bond acceptors (Lipinski definition) is 3. The Hall–Kier alpha value is -0.770. The van der Waals surface area contributed by atoms with Crippen molar-refractivity contribution in [2.24, 2.45) is 0 Å². The van der Waals surface area contributed by atoms with Gasteiger partial charge in [-0.05, 0) is 38.5 Å². The van der Waals surface area contributed by atoms with Crippen LogP contribution in [-0.4, -0.2) is 29.9 Å². The summed E-state index contributed by atoms with van der Waals surface area (Å²) in [6.07, 6.45) is 1.67. The molecule has 0 spiro atoms. The van der Waals surface area contributed by atoms with E-state index in [1.165, 1.54) is 0 Å². The zero-order valence-electron chi connectivity index (χ0n) is 11.9. The highest BCUT2D eigenvalue weighted by Crippen LogP contribution is 2.17. The molecular weight excluding hydrogens is 262 g/mol. The third-order valence-electron chi connectivity index (χ3n) is 2.93. The maximum Gasteiger partial charge on any atom is 0.120 e. The molecule has 2 N–H and O–H groups in total. The molecule has 0 bridgehead atoms. The summed E-state index contributed by atoms with van der Waals surface area (Å²) in [5, 5.41) is 13.9. The number of aliphatic hydroxyl groups is 1. The van der Waals surface area contributed by atoms with E-state index in [0.717, 1.165) is 12.8 Å². The molecule has 1 rings (SSSR count). The molecule has 0 fully saturated rings. The first-order chi connectivity index (χ1) is 8.93. The second kappa shape index (κ2) is 7.73. The Morgan fingerprint density at radius 3 is 2.79 bits per heavy atom. The van der Waals surface area contributed by atoms with E-state index in [4.69, 9.17) is 16.3 Å². The quantitative estimate of drug-likeness (QED) is 0.770. The molecule has 0 aromatic heterocycles. The molecule has 0 aliphatic carbocycles. The minimum Gasteiger partial charge on any atom is -0.491 e. The number of aliphatic hydroxyl groups excluding tert-OH is 1. The van der Waals surface area contributed by atoms with Crippen molar-refractivity contribution >= 4 is 11.6 Å². The summed E-state index contributed by atoms with van der Waals surface area (Å²) in [5.41, 5.74) is 0.0474. The van der Waals surface area contributed by atoms with Crippen molar-refractivity contribution in [1.29, 1.82) is 0 Å². The molecular formula is C15H24ClNO2. The number of ether oxygens (including phenoxy) is 1. The largest absolute Gasteiger partial charge is 0.491 e. The van der Waals surface area contributed by atoms with Crippen LogP contribution in [0.1, 0.15) is 33.6 Å². The fourth-order valence-electron chi connectivity index (χ4n) is 1.92. The molecule has 19 heavy (non-hydrogen) atoms. The predicted octanol–water partition coefficient (Wildman–Crippen LogP) is 3.25. The maximum atomic E-state index is 9.89. The van der Waals surface area contributed by atoms with Gasteiger partial charge in [0, 0.05) is 17.1 Å². The molecule has 108 valence electrons. The van der Waals surface area contributed by atoms with Crippen molar-refractivity contribution in [2.45, 2.75) is 45.3 Å². The van der Waals surface area contributed by atoms with Gasteiger partial charge in [0.05, 0.1) is 0 Å². The Morgan fingerprint density at radius 1 is 1.42 bits per heavy atom. The zero-order chi connectivity index (χ0) is 14.3. The standard InChI is InChI=1S/C15H24ClNO2/c1-4-8-15(2,3)17-10-13(18)11-19-14-7-5-6-12(16)9-14/h5-7,9,13,17-18H,4,8,10-11H2,1-3H3. The molecule has 1 aromatic carbocycles. The van der Waals surface area contributed by atoms with Crippen LogP contribution >= 0.6 is 11.6 Å². The molecule has 0 heterocycles. The van der Waals surface area contributed by atoms with Gasteiger partial charge >= 0.3 is 0 Å². The average Bonchev–Trinajstić information content (AvgIpc) is 2.34. The first kappa shape index (κ1) is 16.3. The lowest BCUT2D eigenvalue weighted by atomic mass is 9.99. The second-order valence-corrected chi connectivity index (χ2v) is 5.87. The topological polar surface area (TPSA) is 41.5 Å². The van der Waals surface area contributed by atoms with E-state index in [2.05, 4.69) is 26.1 Å². The predicted molar refractivity (Wildman–Crippen MR) is 79.9 cm³/mol. The van der Waals surface area contributed by atoms with Gasteiger partial charge in [-0.15, -0.1) is 0 Å². The lowest BCUT2D eigenvalue weighted by molar-refractivity contribution is 0.0981. The van der Waals surface area contributed by atoms with E-state index in [9.17, 15) is 5.11 Å². The van der Waals surface area contributed by atoms with Crippen LogP contribution in [0.3, 0.4) is 0 Å². The molecule has 3 nitrogen and oxygen atoms in total. The van der Waals surface area contributed by atoms with Crippen molar-refractivity contribution in [3.05, 3.63) is 29.3 Å². The molecule has 0 saturated heterocycles. The van der Waals surface area contributed by atoms with Crippen LogP contribution < -0.4 is 10.1 Å². The van der Waals surface area contributed by atoms with E-state index in [1.54, 1.807) is 12.1 Å². The zero-order valence-corrected chi connectivity index (χ0v) is 12.7. The van der Waals surface area contributed by atoms with E-state index in [1.807, 2.05) is 12.1 Å². The minimum absolute atomic E-state index is 0.0474. The van der Waals surface area contributed by atoms with Crippen LogP contribution in [0.25, 0.3) is 0 Å². The van der Waals surface area contributed by atoms with E-state index in [-0.39, 0.29) is 12.1 Å². The van der Waals surface area contributed by atoms with Crippen LogP contribution in [0, 0.1) is 0 Å². The van der Waals surface area contributed by atoms with E-state index >= 15 is 0 Å². The van der Waals surface area contributed by atoms with Crippen molar-refractivity contribution in [1.82, 2.24) is 5.32 Å². The minimum atomic E-state index is -0.532. The number of rotatable bonds is 8. The Balaban J connectivity index is 2.30. The van der Waals surface area contributed by atoms with Gasteiger partial charge in [0.1, 0.15) is 18.5 Å². The van der Waals surface area contributed by atoms with Gasteiger partial charge < -0.3 is 15.2 Å². The van der Waals surface area contributed by atoms with Gasteiger partial charge in [-0.25, -0.2) is 0 Å². The highest BCUT2D eigenvalue weighted by Gasteiger charge is 2.17. The molecule has 4 heteroatoms. The first-order valence-electron chi connectivity index (χ1n) is 6.74. The van der Waals surface area contributed by atoms with Crippen LogP contribution in [0.15, 0.2) is 24.3 Å². The molecule has 1 aromatic rings. The van der Waals surface area contributed by atoms with E-state index in [0.29, 0.717) is 17.3 Å². The van der Waals surface area contributed by atoms with Gasteiger partial charge in [0.2, 0.25) is 0 Å². The molecule has 0 aliphatic heterocycles. The van der Waals surface area contributed by atoms with Gasteiger partial charge in [-0.3, -0.25) is 0 Å². The SMILES string of the molecule is CCCC(C)(C)NCC(O)COc1cccc(Cl)c1. The highest BCUT2D eigenvalue weighted by atomic mass is 35.5. The number of β-amino-alcohol motifs (C(OH)–C–C–N with tert-alkyl or cyclic N) is 1. The number of benzene rings is 1. The van der Waals surface area contributed by atoms with Crippen molar-refractivity contribution in [2.75, 3.05) is 13.2 Å². The summed E-state index contributed by atoms with van der Waals surface area (Å²) in [7, 11) is 0. The fourth-order valence-corrected chi connectivity index (χ4v) is 2.10. The number of halogens is 1. The molecule has 1 atom stereocenters. The molecule has 0 saturated carbocycles. The lowest BCUT2D eigenvalue weighted by Gasteiger charge is -2.27. The van der Waals surface area contributed by atoms with Crippen LogP contribution in [0.5, 0.6) is 5.75 Å². The average molecular weight is 286 g/mol. The monoisotopic (exact) mass is 285 g/mol. The van der Waals surface area contributed by atoms with Gasteiger partial charge in [-0.2, -0.15) is 0 Å². The summed E-state index contributed by atoms with van der Waals surface area (Å²) in [6, 6.07) is 7.18. The van der Waals surface area contributed by atoms with Gasteiger partial charge in [0.25, 0.3) is 0 Å². The first-order valence-corrected chi connectivity index (χ1v) is 7.12. The molecule has 0 aliphatic rings. The Morgan fingerprint density at radius 2 is 2.16 bits per heavy atom. The van der Waals surface area contributed by atoms with Gasteiger partial charge in [0.15, 0.2) is 0 Å². The van der Waals surface area contributed by atoms with E-state index < -0.39 is 6.10 Å². The second-order valence-electron chi connectivity index (χ2n) is 5.44. The molecule has 1 unspecified atom stereocenters. The van der Waals surface area contributed by atoms with Crippen LogP contribution in [0.4, 0.5) is 0 Å². The third kappa shape index (κ3) is 6.81. The van der Waals surface area contributed by atoms with Gasteiger partial charge in [-0.1, -0.05) is 31.0 Å². The van der Waals surface area contributed by atoms with Crippen molar-refractivity contribution < 1.29 is 9.84 Å². The molecule has 0 radical (unpaired) electrons. The van der Waals surface area contributed by atoms with Crippen LogP contribution in [-0.2, 0) is 0 Å². The Labute approximate surface area is 120 Å². The summed E-state index contributed by atoms with van der Waals surface area (Å²) in [4.78, 5) is 0. The highest BCUT2D eigenvalue weighted by molar-refractivity contribution is 6.30. The summed E-state index contributed by atoms with van der Waals surface area (Å²) >= 11 is 5.86. The number of nitrogens with one attached hydrogen (secondary N) is 1. The number of hydrogen-bond donors (Lipinski definition) is 2.